The number of carbonyl (C=O) groups is 4. The zero-order chi connectivity index (χ0) is 45.6. The summed E-state index contributed by atoms with van der Waals surface area (Å²) in [7, 11) is 1.58. The van der Waals surface area contributed by atoms with Crippen molar-refractivity contribution in [3.8, 4) is 17.2 Å². The highest BCUT2D eigenvalue weighted by atomic mass is 16.5. The van der Waals surface area contributed by atoms with E-state index in [0.717, 1.165) is 84.1 Å². The first-order valence-corrected chi connectivity index (χ1v) is 23.1. The predicted molar refractivity (Wildman–Crippen MR) is 254 cm³/mol. The summed E-state index contributed by atoms with van der Waals surface area (Å²) < 4.78 is 18.9. The maximum atomic E-state index is 14.1. The van der Waals surface area contributed by atoms with Gasteiger partial charge in [0, 0.05) is 59.0 Å². The summed E-state index contributed by atoms with van der Waals surface area (Å²) in [6.45, 7) is 10.4. The van der Waals surface area contributed by atoms with Crippen LogP contribution >= 0.6 is 0 Å². The molecule has 5 aromatic carbocycles. The fourth-order valence-corrected chi connectivity index (χ4v) is 10.0. The third-order valence-corrected chi connectivity index (χ3v) is 13.6. The average molecular weight is 874 g/mol. The van der Waals surface area contributed by atoms with Crippen LogP contribution in [-0.4, -0.2) is 42.7 Å². The second-order valence-electron chi connectivity index (χ2n) is 19.6. The van der Waals surface area contributed by atoms with Crippen LogP contribution in [0.15, 0.2) is 91.0 Å². The molecular formula is C55H59N3O7. The summed E-state index contributed by atoms with van der Waals surface area (Å²) in [6.07, 6.45) is 6.23. The van der Waals surface area contributed by atoms with E-state index in [1.54, 1.807) is 20.1 Å². The van der Waals surface area contributed by atoms with E-state index in [9.17, 15) is 19.2 Å². The molecule has 10 heteroatoms. The number of fused-ring (bicyclic) bond motifs is 8. The smallest absolute Gasteiger partial charge is 0.258 e. The molecule has 0 bridgehead atoms. The number of nitrogens with one attached hydrogen (secondary N) is 1. The van der Waals surface area contributed by atoms with Crippen molar-refractivity contribution in [2.75, 3.05) is 22.2 Å². The number of para-hydroxylation sites is 2. The van der Waals surface area contributed by atoms with Crippen molar-refractivity contribution in [3.63, 3.8) is 0 Å². The number of hydrogen-bond acceptors (Lipinski definition) is 7. The molecule has 5 aromatic rings. The molecule has 3 atom stereocenters. The van der Waals surface area contributed by atoms with Crippen LogP contribution in [0.4, 0.5) is 17.1 Å². The van der Waals surface area contributed by atoms with Gasteiger partial charge < -0.3 is 29.3 Å². The van der Waals surface area contributed by atoms with Gasteiger partial charge in [0.25, 0.3) is 11.8 Å². The highest BCUT2D eigenvalue weighted by molar-refractivity contribution is 6.10. The van der Waals surface area contributed by atoms with E-state index < -0.39 is 5.92 Å². The summed E-state index contributed by atoms with van der Waals surface area (Å²) in [5.74, 6) is 0.992. The lowest BCUT2D eigenvalue weighted by Crippen LogP contribution is -2.36. The Bertz CT molecular complexity index is 2700. The standard InChI is InChI=1S/C55H59N3O7/c1-33-22-45-37(15-17-42-26-39-11-7-9-13-47(39)57(42)53(45)61)28-49(33)64-31-35-23-36(25-41(24-35)56-52(60)34(2)21-44(59)19-20-55(3,4)5)32-65-51-29-38-16-18-43-27-40-12-8-10-14-48(40)58(43)54(62)46(38)30-50(51)63-6/h7-14,22-25,28-30,34,42-43H,15-21,26-27,31-32H2,1-6H3,(H,56,60)/t34-,42-,43-/m1/s1. The average Bonchev–Trinajstić information content (AvgIpc) is 3.78. The Kier molecular flexibility index (Phi) is 12.0. The van der Waals surface area contributed by atoms with E-state index in [2.05, 4.69) is 38.2 Å². The zero-order valence-electron chi connectivity index (χ0n) is 38.4. The Morgan fingerprint density at radius 2 is 1.25 bits per heavy atom. The number of ether oxygens (including phenoxy) is 3. The van der Waals surface area contributed by atoms with Crippen molar-refractivity contribution in [2.45, 2.75) is 118 Å². The van der Waals surface area contributed by atoms with Crippen molar-refractivity contribution < 1.29 is 33.4 Å². The normalized spacial score (nSPS) is 17.7. The van der Waals surface area contributed by atoms with Gasteiger partial charge in [-0.3, -0.25) is 19.2 Å². The van der Waals surface area contributed by atoms with Gasteiger partial charge in [0.2, 0.25) is 5.91 Å². The lowest BCUT2D eigenvalue weighted by Gasteiger charge is -2.23. The fourth-order valence-electron chi connectivity index (χ4n) is 10.0. The van der Waals surface area contributed by atoms with Gasteiger partial charge in [-0.2, -0.15) is 0 Å². The molecule has 0 radical (unpaired) electrons. The van der Waals surface area contributed by atoms with Crippen molar-refractivity contribution in [3.05, 3.63) is 141 Å². The minimum atomic E-state index is -0.521. The molecule has 65 heavy (non-hydrogen) atoms. The van der Waals surface area contributed by atoms with Crippen LogP contribution in [0, 0.1) is 18.3 Å². The van der Waals surface area contributed by atoms with Gasteiger partial charge in [0.05, 0.1) is 7.11 Å². The summed E-state index contributed by atoms with van der Waals surface area (Å²) in [5.41, 5.74) is 10.7. The molecular weight excluding hydrogens is 815 g/mol. The summed E-state index contributed by atoms with van der Waals surface area (Å²) in [6, 6.07) is 30.0. The van der Waals surface area contributed by atoms with E-state index in [1.807, 2.05) is 89.5 Å². The second-order valence-corrected chi connectivity index (χ2v) is 19.6. The molecule has 0 unspecified atom stereocenters. The Morgan fingerprint density at radius 3 is 1.82 bits per heavy atom. The quantitative estimate of drug-likeness (QED) is 0.125. The van der Waals surface area contributed by atoms with E-state index >= 15 is 0 Å². The van der Waals surface area contributed by atoms with Crippen molar-refractivity contribution in [1.82, 2.24) is 0 Å². The van der Waals surface area contributed by atoms with Crippen LogP contribution in [0.1, 0.15) is 119 Å². The predicted octanol–water partition coefficient (Wildman–Crippen LogP) is 10.6. The summed E-state index contributed by atoms with van der Waals surface area (Å²) >= 11 is 0. The number of rotatable bonds is 13. The highest BCUT2D eigenvalue weighted by Crippen LogP contribution is 2.42. The molecule has 9 rings (SSSR count). The van der Waals surface area contributed by atoms with Crippen LogP contribution in [-0.2, 0) is 48.5 Å². The number of Topliss-reactive ketones (excluding diaryl/α,β-unsaturated/α-hetero) is 1. The Morgan fingerprint density at radius 1 is 0.708 bits per heavy atom. The van der Waals surface area contributed by atoms with Crippen LogP contribution in [0.5, 0.6) is 17.2 Å². The van der Waals surface area contributed by atoms with Gasteiger partial charge in [-0.25, -0.2) is 0 Å². The maximum Gasteiger partial charge on any atom is 0.258 e. The minimum Gasteiger partial charge on any atom is -0.493 e. The molecule has 0 saturated carbocycles. The van der Waals surface area contributed by atoms with E-state index in [-0.39, 0.29) is 60.6 Å². The van der Waals surface area contributed by atoms with E-state index in [0.29, 0.717) is 40.5 Å². The molecule has 0 spiro atoms. The van der Waals surface area contributed by atoms with Crippen LogP contribution in [0.25, 0.3) is 0 Å². The first-order valence-electron chi connectivity index (χ1n) is 23.1. The fraction of sp³-hybridized carbons (Fsp3) is 0.382. The largest absolute Gasteiger partial charge is 0.493 e. The number of methoxy groups -OCH3 is 1. The molecule has 10 nitrogen and oxygen atoms in total. The molecule has 0 saturated heterocycles. The van der Waals surface area contributed by atoms with Crippen molar-refractivity contribution >= 4 is 40.6 Å². The van der Waals surface area contributed by atoms with Gasteiger partial charge >= 0.3 is 0 Å². The second kappa shape index (κ2) is 17.9. The number of hydrogen-bond donors (Lipinski definition) is 1. The van der Waals surface area contributed by atoms with Crippen LogP contribution in [0.2, 0.25) is 0 Å². The third kappa shape index (κ3) is 9.13. The molecule has 1 N–H and O–H groups in total. The van der Waals surface area contributed by atoms with Crippen molar-refractivity contribution in [1.29, 1.82) is 0 Å². The SMILES string of the molecule is COc1cc2c(cc1OCc1cc(COc3cc4c(cc3C)C(=O)N3c5ccccc5C[C@H]3CC4)cc(NC(=O)[C@H](C)CC(=O)CCC(C)(C)C)c1)CC[C@@H]1Cc3ccccc3N1C2=O. The van der Waals surface area contributed by atoms with Gasteiger partial charge in [0.15, 0.2) is 11.5 Å². The molecule has 0 fully saturated rings. The zero-order valence-corrected chi connectivity index (χ0v) is 38.4. The lowest BCUT2D eigenvalue weighted by molar-refractivity contribution is -0.126. The summed E-state index contributed by atoms with van der Waals surface area (Å²) in [4.78, 5) is 58.6. The molecule has 4 aliphatic heterocycles. The maximum absolute atomic E-state index is 14.1. The Hall–Kier alpha value is -6.42. The molecule has 336 valence electrons. The summed E-state index contributed by atoms with van der Waals surface area (Å²) in [5, 5.41) is 3.08. The van der Waals surface area contributed by atoms with Crippen molar-refractivity contribution in [2.24, 2.45) is 11.3 Å². The van der Waals surface area contributed by atoms with Gasteiger partial charge in [-0.1, -0.05) is 64.1 Å². The Labute approximate surface area is 382 Å². The number of nitrogens with zero attached hydrogens (tertiary/aromatic N) is 2. The molecule has 4 heterocycles. The third-order valence-electron chi connectivity index (χ3n) is 13.6. The highest BCUT2D eigenvalue weighted by Gasteiger charge is 2.39. The van der Waals surface area contributed by atoms with Gasteiger partial charge in [0.1, 0.15) is 24.7 Å². The van der Waals surface area contributed by atoms with E-state index in [4.69, 9.17) is 14.2 Å². The number of amides is 3. The molecule has 0 aromatic heterocycles. The number of ketones is 1. The van der Waals surface area contributed by atoms with Crippen LogP contribution < -0.4 is 29.3 Å². The first-order chi connectivity index (χ1) is 31.2. The monoisotopic (exact) mass is 873 g/mol. The number of carbonyl (C=O) groups excluding carboxylic acids is 4. The van der Waals surface area contributed by atoms with E-state index in [1.165, 1.54) is 11.1 Å². The topological polar surface area (TPSA) is 114 Å². The Balaban J connectivity index is 0.953. The van der Waals surface area contributed by atoms with Gasteiger partial charge in [-0.15, -0.1) is 0 Å². The number of anilines is 3. The van der Waals surface area contributed by atoms with Crippen LogP contribution in [0.3, 0.4) is 0 Å². The number of benzene rings is 5. The first kappa shape index (κ1) is 43.8. The molecule has 3 amide bonds. The molecule has 4 aliphatic rings. The lowest BCUT2D eigenvalue weighted by atomic mass is 9.88. The van der Waals surface area contributed by atoms with Gasteiger partial charge in [-0.05, 0) is 151 Å². The molecule has 0 aliphatic carbocycles. The minimum absolute atomic E-state index is 0.0297. The number of aryl methyl sites for hydroxylation is 3.